The molecular formula is C23H23F2N3OS. The van der Waals surface area contributed by atoms with Gasteiger partial charge in [0.1, 0.15) is 11.6 Å². The highest BCUT2D eigenvalue weighted by atomic mass is 32.1. The van der Waals surface area contributed by atoms with Crippen LogP contribution in [0.5, 0.6) is 0 Å². The number of aromatic nitrogens is 1. The summed E-state index contributed by atoms with van der Waals surface area (Å²) in [6.45, 7) is 2.32. The maximum absolute atomic E-state index is 13.2. The molecule has 0 radical (unpaired) electrons. The molecule has 2 amide bonds. The van der Waals surface area contributed by atoms with Crippen LogP contribution in [-0.4, -0.2) is 11.0 Å². The highest BCUT2D eigenvalue weighted by Crippen LogP contribution is 2.39. The smallest absolute Gasteiger partial charge is 0.308 e. The van der Waals surface area contributed by atoms with Crippen molar-refractivity contribution in [2.45, 2.75) is 38.5 Å². The molecular weight excluding hydrogens is 404 g/mol. The summed E-state index contributed by atoms with van der Waals surface area (Å²) in [6.07, 6.45) is 6.88. The Hall–Kier alpha value is -2.80. The fourth-order valence-corrected chi connectivity index (χ4v) is 4.85. The van der Waals surface area contributed by atoms with Gasteiger partial charge in [0.05, 0.1) is 9.88 Å². The summed E-state index contributed by atoms with van der Waals surface area (Å²) in [7, 11) is 0. The molecule has 4 nitrogen and oxygen atoms in total. The van der Waals surface area contributed by atoms with E-state index < -0.39 is 17.7 Å². The van der Waals surface area contributed by atoms with Gasteiger partial charge in [0.15, 0.2) is 0 Å². The molecule has 1 aliphatic rings. The molecule has 2 N–H and O–H groups in total. The molecule has 1 aliphatic carbocycles. The van der Waals surface area contributed by atoms with Crippen LogP contribution in [0.2, 0.25) is 0 Å². The Balaban J connectivity index is 1.37. The first kappa shape index (κ1) is 20.5. The normalized spacial score (nSPS) is 18.8. The van der Waals surface area contributed by atoms with E-state index in [1.807, 2.05) is 18.3 Å². The standard InChI is InChI=1S/C23H23F2N3OS/c1-14-2-4-16(5-3-14)22-26-13-21(30-22)15-6-8-19(9-7-15)27-23(29)28-20-11-17(24)10-18(25)12-20/h6-14,16H,2-5H2,1H3,(H2,27,28,29). The summed E-state index contributed by atoms with van der Waals surface area (Å²) in [4.78, 5) is 17.8. The highest BCUT2D eigenvalue weighted by Gasteiger charge is 2.22. The number of carbonyl (C=O) groups is 1. The molecule has 0 atom stereocenters. The van der Waals surface area contributed by atoms with Crippen LogP contribution in [0.1, 0.15) is 43.5 Å². The molecule has 1 saturated carbocycles. The number of anilines is 2. The molecule has 1 fully saturated rings. The first-order valence-corrected chi connectivity index (χ1v) is 10.9. The van der Waals surface area contributed by atoms with E-state index in [-0.39, 0.29) is 5.69 Å². The predicted octanol–water partition coefficient (Wildman–Crippen LogP) is 7.03. The molecule has 0 unspecified atom stereocenters. The maximum atomic E-state index is 13.2. The third kappa shape index (κ3) is 5.02. The number of rotatable bonds is 4. The van der Waals surface area contributed by atoms with Gasteiger partial charge in [-0.05, 0) is 48.6 Å². The molecule has 2 aromatic carbocycles. The van der Waals surface area contributed by atoms with E-state index in [2.05, 4.69) is 22.5 Å². The molecule has 3 aromatic rings. The summed E-state index contributed by atoms with van der Waals surface area (Å²) < 4.78 is 26.5. The van der Waals surface area contributed by atoms with Crippen molar-refractivity contribution in [1.82, 2.24) is 4.98 Å². The van der Waals surface area contributed by atoms with Crippen LogP contribution >= 0.6 is 11.3 Å². The lowest BCUT2D eigenvalue weighted by atomic mass is 9.83. The average molecular weight is 428 g/mol. The number of urea groups is 1. The van der Waals surface area contributed by atoms with Crippen molar-refractivity contribution in [1.29, 1.82) is 0 Å². The Morgan fingerprint density at radius 1 is 0.967 bits per heavy atom. The van der Waals surface area contributed by atoms with Gasteiger partial charge in [-0.1, -0.05) is 31.9 Å². The number of benzene rings is 2. The quantitative estimate of drug-likeness (QED) is 0.470. The van der Waals surface area contributed by atoms with Gasteiger partial charge >= 0.3 is 6.03 Å². The summed E-state index contributed by atoms with van der Waals surface area (Å²) in [5.41, 5.74) is 1.68. The number of carbonyl (C=O) groups excluding carboxylic acids is 1. The lowest BCUT2D eigenvalue weighted by molar-refractivity contribution is 0.262. The number of hydrogen-bond acceptors (Lipinski definition) is 3. The number of thiazole rings is 1. The molecule has 0 saturated heterocycles. The molecule has 0 spiro atoms. The van der Waals surface area contributed by atoms with Crippen molar-refractivity contribution < 1.29 is 13.6 Å². The maximum Gasteiger partial charge on any atom is 0.323 e. The monoisotopic (exact) mass is 427 g/mol. The van der Waals surface area contributed by atoms with Crippen molar-refractivity contribution in [2.75, 3.05) is 10.6 Å². The molecule has 1 heterocycles. The Bertz CT molecular complexity index is 1010. The van der Waals surface area contributed by atoms with Gasteiger partial charge in [0, 0.05) is 29.6 Å². The van der Waals surface area contributed by atoms with Gasteiger partial charge in [-0.15, -0.1) is 11.3 Å². The summed E-state index contributed by atoms with van der Waals surface area (Å²) >= 11 is 1.74. The van der Waals surface area contributed by atoms with Crippen molar-refractivity contribution in [3.63, 3.8) is 0 Å². The van der Waals surface area contributed by atoms with E-state index in [0.717, 1.165) is 34.6 Å². The molecule has 156 valence electrons. The predicted molar refractivity (Wildman–Crippen MR) is 117 cm³/mol. The largest absolute Gasteiger partial charge is 0.323 e. The third-order valence-corrected chi connectivity index (χ3v) is 6.65. The third-order valence-electron chi connectivity index (χ3n) is 5.44. The van der Waals surface area contributed by atoms with E-state index in [1.54, 1.807) is 23.5 Å². The number of halogens is 2. The van der Waals surface area contributed by atoms with E-state index in [1.165, 1.54) is 30.7 Å². The molecule has 7 heteroatoms. The molecule has 30 heavy (non-hydrogen) atoms. The number of nitrogens with zero attached hydrogens (tertiary/aromatic N) is 1. The van der Waals surface area contributed by atoms with Crippen molar-refractivity contribution in [3.8, 4) is 10.4 Å². The van der Waals surface area contributed by atoms with Gasteiger partial charge in [0.25, 0.3) is 0 Å². The molecule has 0 aliphatic heterocycles. The first-order valence-electron chi connectivity index (χ1n) is 10.1. The lowest BCUT2D eigenvalue weighted by Gasteiger charge is -2.24. The second-order valence-corrected chi connectivity index (χ2v) is 8.90. The second kappa shape index (κ2) is 8.92. The van der Waals surface area contributed by atoms with E-state index in [0.29, 0.717) is 11.6 Å². The van der Waals surface area contributed by atoms with Crippen molar-refractivity contribution in [2.24, 2.45) is 5.92 Å². The minimum Gasteiger partial charge on any atom is -0.308 e. The lowest BCUT2D eigenvalue weighted by Crippen LogP contribution is -2.19. The van der Waals surface area contributed by atoms with Crippen LogP contribution in [0.15, 0.2) is 48.7 Å². The topological polar surface area (TPSA) is 54.0 Å². The van der Waals surface area contributed by atoms with Crippen molar-refractivity contribution in [3.05, 3.63) is 65.3 Å². The zero-order valence-electron chi connectivity index (χ0n) is 16.6. The SMILES string of the molecule is CC1CCC(c2ncc(-c3ccc(NC(=O)Nc4cc(F)cc(F)c4)cc3)s2)CC1. The molecule has 0 bridgehead atoms. The highest BCUT2D eigenvalue weighted by molar-refractivity contribution is 7.15. The van der Waals surface area contributed by atoms with Crippen LogP contribution in [0.4, 0.5) is 25.0 Å². The summed E-state index contributed by atoms with van der Waals surface area (Å²) in [6, 6.07) is 9.74. The number of nitrogens with one attached hydrogen (secondary N) is 2. The molecule has 4 rings (SSSR count). The minimum absolute atomic E-state index is 0.0518. The summed E-state index contributed by atoms with van der Waals surface area (Å²) in [5.74, 6) is -0.113. The minimum atomic E-state index is -0.749. The van der Waals surface area contributed by atoms with Crippen LogP contribution in [0.3, 0.4) is 0 Å². The Morgan fingerprint density at radius 2 is 1.60 bits per heavy atom. The van der Waals surface area contributed by atoms with Gasteiger partial charge < -0.3 is 10.6 Å². The van der Waals surface area contributed by atoms with Gasteiger partial charge in [-0.2, -0.15) is 0 Å². The van der Waals surface area contributed by atoms with Crippen LogP contribution in [0.25, 0.3) is 10.4 Å². The second-order valence-electron chi connectivity index (χ2n) is 7.83. The summed E-state index contributed by atoms with van der Waals surface area (Å²) in [5, 5.41) is 6.29. The van der Waals surface area contributed by atoms with Gasteiger partial charge in [-0.25, -0.2) is 18.6 Å². The zero-order valence-corrected chi connectivity index (χ0v) is 17.4. The van der Waals surface area contributed by atoms with Crippen molar-refractivity contribution >= 4 is 28.7 Å². The van der Waals surface area contributed by atoms with Gasteiger partial charge in [-0.3, -0.25) is 0 Å². The van der Waals surface area contributed by atoms with E-state index >= 15 is 0 Å². The number of amides is 2. The van der Waals surface area contributed by atoms with Crippen LogP contribution in [0, 0.1) is 17.6 Å². The fraction of sp³-hybridized carbons (Fsp3) is 0.304. The Labute approximate surface area is 178 Å². The van der Waals surface area contributed by atoms with Crippen LogP contribution in [-0.2, 0) is 0 Å². The van der Waals surface area contributed by atoms with E-state index in [9.17, 15) is 13.6 Å². The fourth-order valence-electron chi connectivity index (χ4n) is 3.75. The Morgan fingerprint density at radius 3 is 2.27 bits per heavy atom. The number of hydrogen-bond donors (Lipinski definition) is 2. The molecule has 1 aromatic heterocycles. The first-order chi connectivity index (χ1) is 14.5. The average Bonchev–Trinajstić information content (AvgIpc) is 3.18. The van der Waals surface area contributed by atoms with E-state index in [4.69, 9.17) is 0 Å². The van der Waals surface area contributed by atoms with Gasteiger partial charge in [0.2, 0.25) is 0 Å². The Kier molecular flexibility index (Phi) is 6.08. The zero-order chi connectivity index (χ0) is 21.1. The van der Waals surface area contributed by atoms with Crippen LogP contribution < -0.4 is 10.6 Å².